The van der Waals surface area contributed by atoms with Gasteiger partial charge in [-0.3, -0.25) is 14.4 Å². The molecule has 4 heterocycles. The molecule has 1 unspecified atom stereocenters. The molecule has 5 rings (SSSR count). The highest BCUT2D eigenvalue weighted by Crippen LogP contribution is 2.65. The fourth-order valence-electron chi connectivity index (χ4n) is 5.24. The molecule has 3 fully saturated rings. The van der Waals surface area contributed by atoms with E-state index in [1.807, 2.05) is 0 Å². The van der Waals surface area contributed by atoms with Crippen molar-refractivity contribution in [2.45, 2.75) is 36.1 Å². The molecule has 1 aromatic carbocycles. The van der Waals surface area contributed by atoms with E-state index in [1.165, 1.54) is 12.0 Å². The molecule has 1 spiro atoms. The van der Waals surface area contributed by atoms with Crippen LogP contribution in [0.1, 0.15) is 31.9 Å². The zero-order valence-electron chi connectivity index (χ0n) is 16.4. The standard InChI is InChI=1S/C19H20N2O6S2/c1-17(16(24)25-4)8-19-15(23)20(3)18(2,29(19)28)14(22)21(19)13(17)10-5-6-11-12(7-10)27-9-26-11/h5-7,13H,8-9H2,1-4H3/t13-,17-,18-,19-,29?/m0/s1. The fraction of sp³-hybridized carbons (Fsp3) is 0.526. The Morgan fingerprint density at radius 2 is 1.93 bits per heavy atom. The lowest BCUT2D eigenvalue weighted by Crippen LogP contribution is -2.60. The Kier molecular flexibility index (Phi) is 3.55. The van der Waals surface area contributed by atoms with Crippen molar-refractivity contribution >= 4 is 38.4 Å². The van der Waals surface area contributed by atoms with Gasteiger partial charge in [0.05, 0.1) is 18.6 Å². The number of benzene rings is 1. The molecule has 2 amide bonds. The lowest BCUT2D eigenvalue weighted by atomic mass is 9.78. The van der Waals surface area contributed by atoms with Crippen molar-refractivity contribution in [3.8, 4) is 11.5 Å². The van der Waals surface area contributed by atoms with E-state index in [0.717, 1.165) is 0 Å². The largest absolute Gasteiger partial charge is 0.469 e. The summed E-state index contributed by atoms with van der Waals surface area (Å²) in [6, 6.07) is 4.62. The number of esters is 1. The number of fused-ring (bicyclic) bond motifs is 2. The smallest absolute Gasteiger partial charge is 0.314 e. The zero-order valence-corrected chi connectivity index (χ0v) is 18.0. The van der Waals surface area contributed by atoms with E-state index in [4.69, 9.17) is 25.4 Å². The monoisotopic (exact) mass is 436 g/mol. The number of piperazine rings is 1. The van der Waals surface area contributed by atoms with E-state index in [1.54, 1.807) is 44.0 Å². The van der Waals surface area contributed by atoms with E-state index >= 15 is 0 Å². The van der Waals surface area contributed by atoms with Crippen molar-refractivity contribution in [1.29, 1.82) is 0 Å². The number of amides is 2. The Hall–Kier alpha value is -2.20. The minimum absolute atomic E-state index is 0.112. The van der Waals surface area contributed by atoms with Gasteiger partial charge in [0, 0.05) is 13.5 Å². The van der Waals surface area contributed by atoms with Crippen LogP contribution in [0.25, 0.3) is 0 Å². The molecule has 29 heavy (non-hydrogen) atoms. The van der Waals surface area contributed by atoms with Crippen molar-refractivity contribution < 1.29 is 28.6 Å². The summed E-state index contributed by atoms with van der Waals surface area (Å²) in [4.78, 5) is 40.7. The molecule has 0 aromatic heterocycles. The maximum Gasteiger partial charge on any atom is 0.314 e. The molecular weight excluding hydrogens is 416 g/mol. The summed E-state index contributed by atoms with van der Waals surface area (Å²) in [6.07, 6.45) is 0.128. The Bertz CT molecular complexity index is 1030. The van der Waals surface area contributed by atoms with Crippen molar-refractivity contribution in [2.75, 3.05) is 21.0 Å². The molecular formula is C19H20N2O6S2. The number of nitrogens with zero attached hydrogens (tertiary/aromatic N) is 2. The Labute approximate surface area is 174 Å². The maximum atomic E-state index is 13.6. The third-order valence-corrected chi connectivity index (χ3v) is 10.9. The van der Waals surface area contributed by atoms with Gasteiger partial charge in [-0.1, -0.05) is 15.5 Å². The van der Waals surface area contributed by atoms with E-state index in [-0.39, 0.29) is 25.0 Å². The van der Waals surface area contributed by atoms with Gasteiger partial charge < -0.3 is 24.0 Å². The average Bonchev–Trinajstić information content (AvgIpc) is 3.36. The normalized spacial score (nSPS) is 39.3. The maximum absolute atomic E-state index is 13.6. The average molecular weight is 437 g/mol. The van der Waals surface area contributed by atoms with E-state index in [2.05, 4.69) is 0 Å². The van der Waals surface area contributed by atoms with Crippen LogP contribution in [0.2, 0.25) is 0 Å². The summed E-state index contributed by atoms with van der Waals surface area (Å²) < 4.78 is 16.0. The van der Waals surface area contributed by atoms with Gasteiger partial charge in [-0.2, -0.15) is 0 Å². The molecule has 10 heteroatoms. The minimum Gasteiger partial charge on any atom is -0.469 e. The second-order valence-corrected chi connectivity index (χ2v) is 11.2. The van der Waals surface area contributed by atoms with E-state index < -0.39 is 36.6 Å². The van der Waals surface area contributed by atoms with Gasteiger partial charge >= 0.3 is 5.97 Å². The fourth-order valence-corrected chi connectivity index (χ4v) is 8.76. The summed E-state index contributed by atoms with van der Waals surface area (Å²) >= 11 is 5.80. The molecule has 5 atom stereocenters. The van der Waals surface area contributed by atoms with Gasteiger partial charge in [-0.25, -0.2) is 0 Å². The molecule has 1 aromatic rings. The van der Waals surface area contributed by atoms with Crippen LogP contribution in [0.4, 0.5) is 0 Å². The van der Waals surface area contributed by atoms with E-state index in [9.17, 15) is 14.4 Å². The van der Waals surface area contributed by atoms with Crippen LogP contribution in [-0.4, -0.2) is 58.3 Å². The number of hydrogen-bond donors (Lipinski definition) is 0. The quantitative estimate of drug-likeness (QED) is 0.636. The first-order chi connectivity index (χ1) is 13.6. The summed E-state index contributed by atoms with van der Waals surface area (Å²) in [6.45, 7) is 3.58. The Balaban J connectivity index is 1.75. The van der Waals surface area contributed by atoms with Crippen LogP contribution in [0, 0.1) is 5.41 Å². The van der Waals surface area contributed by atoms with Crippen molar-refractivity contribution in [2.24, 2.45) is 5.41 Å². The Morgan fingerprint density at radius 3 is 2.62 bits per heavy atom. The summed E-state index contributed by atoms with van der Waals surface area (Å²) in [5.74, 6) is 0.220. The highest BCUT2D eigenvalue weighted by atomic mass is 32.8. The molecule has 4 aliphatic heterocycles. The van der Waals surface area contributed by atoms with Gasteiger partial charge in [-0.15, -0.1) is 0 Å². The van der Waals surface area contributed by atoms with Crippen molar-refractivity contribution in [3.63, 3.8) is 0 Å². The van der Waals surface area contributed by atoms with Crippen LogP contribution in [-0.2, 0) is 39.8 Å². The first-order valence-electron chi connectivity index (χ1n) is 9.16. The van der Waals surface area contributed by atoms with Crippen LogP contribution >= 0.6 is 0 Å². The number of methoxy groups -OCH3 is 1. The van der Waals surface area contributed by atoms with Crippen LogP contribution in [0.5, 0.6) is 11.5 Å². The number of carbonyl (C=O) groups excluding carboxylic acids is 3. The first-order valence-corrected chi connectivity index (χ1v) is 11.3. The molecule has 0 N–H and O–H groups in total. The lowest BCUT2D eigenvalue weighted by molar-refractivity contribution is -0.160. The number of hydrogen-bond acceptors (Lipinski definition) is 7. The molecule has 0 radical (unpaired) electrons. The van der Waals surface area contributed by atoms with Gasteiger partial charge in [0.25, 0.3) is 11.8 Å². The third kappa shape index (κ3) is 1.85. The lowest BCUT2D eigenvalue weighted by Gasteiger charge is -2.40. The second-order valence-electron chi connectivity index (χ2n) is 8.18. The molecule has 3 saturated heterocycles. The molecule has 0 aliphatic carbocycles. The first kappa shape index (κ1) is 18.8. The SMILES string of the molecule is COC(=O)[C@@]1(C)C[C@]23C(=O)N(C)[C@](C)(C(=O)N2[C@H]1c1ccc2c(c1)OCO2)S3=S. The second kappa shape index (κ2) is 5.48. The third-order valence-electron chi connectivity index (χ3n) is 6.78. The number of ether oxygens (including phenoxy) is 3. The summed E-state index contributed by atoms with van der Waals surface area (Å²) in [5, 5.41) is 0. The number of likely N-dealkylation sites (N-methyl/N-ethyl adjacent to an activating group) is 1. The summed E-state index contributed by atoms with van der Waals surface area (Å²) in [7, 11) is 1.91. The van der Waals surface area contributed by atoms with Crippen molar-refractivity contribution in [3.05, 3.63) is 23.8 Å². The molecule has 4 aliphatic rings. The molecule has 154 valence electrons. The Morgan fingerprint density at radius 1 is 1.24 bits per heavy atom. The predicted octanol–water partition coefficient (Wildman–Crippen LogP) is 0.846. The van der Waals surface area contributed by atoms with Gasteiger partial charge in [0.1, 0.15) is 0 Å². The van der Waals surface area contributed by atoms with Crippen LogP contribution in [0.15, 0.2) is 18.2 Å². The van der Waals surface area contributed by atoms with E-state index in [0.29, 0.717) is 17.1 Å². The molecule has 8 nitrogen and oxygen atoms in total. The molecule has 2 bridgehead atoms. The van der Waals surface area contributed by atoms with Gasteiger partial charge in [0.2, 0.25) is 6.79 Å². The minimum atomic E-state index is -1.22. The van der Waals surface area contributed by atoms with Gasteiger partial charge in [0.15, 0.2) is 21.2 Å². The number of rotatable bonds is 2. The van der Waals surface area contributed by atoms with Gasteiger partial charge in [-0.05, 0) is 42.7 Å². The van der Waals surface area contributed by atoms with Crippen molar-refractivity contribution in [1.82, 2.24) is 9.80 Å². The topological polar surface area (TPSA) is 85.4 Å². The van der Waals surface area contributed by atoms with Crippen LogP contribution in [0.3, 0.4) is 0 Å². The molecule has 0 saturated carbocycles. The summed E-state index contributed by atoms with van der Waals surface area (Å²) in [5.41, 5.74) is -0.448. The highest BCUT2D eigenvalue weighted by molar-refractivity contribution is 8.31. The highest BCUT2D eigenvalue weighted by Gasteiger charge is 2.81. The van der Waals surface area contributed by atoms with Crippen LogP contribution < -0.4 is 9.47 Å². The predicted molar refractivity (Wildman–Crippen MR) is 106 cm³/mol. The number of carbonyl (C=O) groups is 3. The zero-order chi connectivity index (χ0) is 20.9.